The number of anilines is 2. The minimum Gasteiger partial charge on any atom is -0.461 e. The molecular formula is C35H44F4N8O3. The van der Waals surface area contributed by atoms with Crippen LogP contribution in [0.3, 0.4) is 0 Å². The number of carbonyl (C=O) groups is 1. The molecule has 4 N–H and O–H groups in total. The minimum atomic E-state index is -4.62. The first-order chi connectivity index (χ1) is 23.7. The summed E-state index contributed by atoms with van der Waals surface area (Å²) >= 11 is 0. The number of alkyl halides is 3. The number of benzene rings is 1. The van der Waals surface area contributed by atoms with Crippen LogP contribution in [0.4, 0.5) is 29.1 Å². The van der Waals surface area contributed by atoms with Gasteiger partial charge in [-0.1, -0.05) is 0 Å². The molecule has 1 amide bonds. The molecule has 0 spiro atoms. The molecule has 2 atom stereocenters. The maximum absolute atomic E-state index is 14.3. The number of fused-ring (bicyclic) bond motifs is 2. The number of hydrogen-bond acceptors (Lipinski definition) is 10. The Bertz CT molecular complexity index is 1760. The third kappa shape index (κ3) is 6.89. The number of carbonyl (C=O) groups excluding carboxylic acids is 1. The maximum atomic E-state index is 14.3. The van der Waals surface area contributed by atoms with E-state index in [1.807, 2.05) is 4.90 Å². The first kappa shape index (κ1) is 35.6. The predicted molar refractivity (Wildman–Crippen MR) is 181 cm³/mol. The molecule has 1 aromatic heterocycles. The van der Waals surface area contributed by atoms with E-state index in [1.54, 1.807) is 21.0 Å². The van der Waals surface area contributed by atoms with Crippen molar-refractivity contribution in [1.82, 2.24) is 19.8 Å². The molecule has 270 valence electrons. The molecule has 0 bridgehead atoms. The fourth-order valence-corrected chi connectivity index (χ4v) is 7.65. The fourth-order valence-electron chi connectivity index (χ4n) is 7.65. The zero-order valence-electron chi connectivity index (χ0n) is 28.9. The van der Waals surface area contributed by atoms with Gasteiger partial charge in [0.05, 0.1) is 48.1 Å². The van der Waals surface area contributed by atoms with Crippen molar-refractivity contribution in [3.05, 3.63) is 63.3 Å². The quantitative estimate of drug-likeness (QED) is 0.241. The number of amides is 1. The van der Waals surface area contributed by atoms with Gasteiger partial charge in [0.1, 0.15) is 18.1 Å². The van der Waals surface area contributed by atoms with Gasteiger partial charge in [-0.25, -0.2) is 4.39 Å². The maximum Gasteiger partial charge on any atom is 0.417 e. The molecule has 2 fully saturated rings. The molecule has 0 saturated carbocycles. The molecule has 0 unspecified atom stereocenters. The molecule has 11 nitrogen and oxygen atoms in total. The summed E-state index contributed by atoms with van der Waals surface area (Å²) in [5.74, 6) is 0.184. The van der Waals surface area contributed by atoms with Gasteiger partial charge >= 0.3 is 12.2 Å². The topological polar surface area (TPSA) is 135 Å². The van der Waals surface area contributed by atoms with Crippen molar-refractivity contribution < 1.29 is 31.8 Å². The zero-order valence-corrected chi connectivity index (χ0v) is 28.9. The van der Waals surface area contributed by atoms with Crippen LogP contribution in [0.25, 0.3) is 0 Å². The summed E-state index contributed by atoms with van der Waals surface area (Å²) in [6.45, 7) is 6.01. The van der Waals surface area contributed by atoms with Gasteiger partial charge in [-0.3, -0.25) is 14.7 Å². The van der Waals surface area contributed by atoms with Crippen molar-refractivity contribution in [3.8, 4) is 6.01 Å². The van der Waals surface area contributed by atoms with Crippen molar-refractivity contribution in [2.24, 2.45) is 10.7 Å². The summed E-state index contributed by atoms with van der Waals surface area (Å²) in [6.07, 6.45) is -1.89. The number of halogens is 4. The van der Waals surface area contributed by atoms with Gasteiger partial charge in [0, 0.05) is 57.0 Å². The van der Waals surface area contributed by atoms with Crippen LogP contribution in [0.1, 0.15) is 66.7 Å². The van der Waals surface area contributed by atoms with E-state index >= 15 is 0 Å². The van der Waals surface area contributed by atoms with Crippen LogP contribution >= 0.6 is 0 Å². The Morgan fingerprint density at radius 1 is 1.20 bits per heavy atom. The Hall–Kier alpha value is -4.24. The van der Waals surface area contributed by atoms with E-state index in [0.29, 0.717) is 72.7 Å². The Morgan fingerprint density at radius 2 is 1.98 bits per heavy atom. The number of hydrogen-bond donors (Lipinski definition) is 2. The lowest BCUT2D eigenvalue weighted by atomic mass is 9.92. The highest BCUT2D eigenvalue weighted by Gasteiger charge is 2.47. The molecule has 0 radical (unpaired) electrons. The molecular weight excluding hydrogens is 656 g/mol. The Labute approximate surface area is 289 Å². The number of nitrogens with two attached hydrogens (primary N) is 2. The number of ether oxygens (including phenoxy) is 2. The summed E-state index contributed by atoms with van der Waals surface area (Å²) in [5, 5.41) is 0. The lowest BCUT2D eigenvalue weighted by Gasteiger charge is -2.33. The lowest BCUT2D eigenvalue weighted by molar-refractivity contribution is -0.140. The smallest absolute Gasteiger partial charge is 0.417 e. The Kier molecular flexibility index (Phi) is 9.83. The second-order valence-corrected chi connectivity index (χ2v) is 13.9. The standard InChI is InChI=1S/C35H44F4N8O3/c1-20-11-23(40)12-24(29(20)35(37,38)39)28-13-26-25(18-49-28)31(46-9-6-8-42-27(17-46)21(2)30(41)32(48)45(3)4)44-33(43-26)50-19-34-7-5-10-47(34)16-22(14-34)15-36/h11-12,15,28H,5-10,13-14,16-19,40-41H2,1-4H3/b22-15-,30-21-/t28-,34-/m0/s1. The Morgan fingerprint density at radius 3 is 2.70 bits per heavy atom. The van der Waals surface area contributed by atoms with Crippen LogP contribution < -0.4 is 21.1 Å². The number of nitrogen functional groups attached to an aromatic ring is 1. The van der Waals surface area contributed by atoms with Crippen molar-refractivity contribution in [2.75, 3.05) is 64.1 Å². The van der Waals surface area contributed by atoms with Crippen LogP contribution in [0, 0.1) is 6.92 Å². The van der Waals surface area contributed by atoms with Crippen molar-refractivity contribution >= 4 is 23.1 Å². The molecule has 50 heavy (non-hydrogen) atoms. The average molecular weight is 701 g/mol. The van der Waals surface area contributed by atoms with E-state index in [0.717, 1.165) is 19.4 Å². The monoisotopic (exact) mass is 700 g/mol. The molecule has 0 aliphatic carbocycles. The number of likely N-dealkylation sites (N-methyl/N-ethyl adjacent to an activating group) is 1. The van der Waals surface area contributed by atoms with Gasteiger partial charge in [0.25, 0.3) is 5.91 Å². The summed E-state index contributed by atoms with van der Waals surface area (Å²) in [6, 6.07) is 2.71. The second-order valence-electron chi connectivity index (χ2n) is 13.9. The van der Waals surface area contributed by atoms with E-state index in [-0.39, 0.29) is 66.1 Å². The molecule has 6 rings (SSSR count). The largest absolute Gasteiger partial charge is 0.461 e. The lowest BCUT2D eigenvalue weighted by Crippen LogP contribution is -2.43. The number of nitrogens with zero attached hydrogens (tertiary/aromatic N) is 6. The van der Waals surface area contributed by atoms with Gasteiger partial charge in [-0.15, -0.1) is 0 Å². The van der Waals surface area contributed by atoms with E-state index in [2.05, 4.69) is 4.90 Å². The Balaban J connectivity index is 1.38. The van der Waals surface area contributed by atoms with Gasteiger partial charge in [0.2, 0.25) is 0 Å². The van der Waals surface area contributed by atoms with Crippen molar-refractivity contribution in [2.45, 2.75) is 70.4 Å². The van der Waals surface area contributed by atoms with Gasteiger partial charge in [0.15, 0.2) is 0 Å². The van der Waals surface area contributed by atoms with Gasteiger partial charge < -0.3 is 30.7 Å². The highest BCUT2D eigenvalue weighted by atomic mass is 19.4. The van der Waals surface area contributed by atoms with Crippen LogP contribution in [-0.2, 0) is 28.7 Å². The van der Waals surface area contributed by atoms with Crippen LogP contribution in [0.15, 0.2) is 40.3 Å². The van der Waals surface area contributed by atoms with E-state index < -0.39 is 17.8 Å². The first-order valence-electron chi connectivity index (χ1n) is 16.8. The van der Waals surface area contributed by atoms with Crippen molar-refractivity contribution in [1.29, 1.82) is 0 Å². The number of aromatic nitrogens is 2. The SMILES string of the molecule is C/C(C1=NCCCN(c2nc(OC[C@@]34CCCN3C/C(=C\F)C4)nc3c2CO[C@H](c2cc(N)cc(C)c2C(F)(F)F)C3)C1)=C(/N)C(=O)N(C)C. The summed E-state index contributed by atoms with van der Waals surface area (Å²) < 4.78 is 69.1. The molecule has 2 aromatic rings. The number of aryl methyl sites for hydroxylation is 1. The van der Waals surface area contributed by atoms with Crippen LogP contribution in [-0.4, -0.2) is 90.4 Å². The van der Waals surface area contributed by atoms with Gasteiger partial charge in [-0.05, 0) is 74.9 Å². The summed E-state index contributed by atoms with van der Waals surface area (Å²) in [5.41, 5.74) is 14.4. The van der Waals surface area contributed by atoms with Gasteiger partial charge in [-0.2, -0.15) is 23.1 Å². The summed E-state index contributed by atoms with van der Waals surface area (Å²) in [7, 11) is 3.25. The van der Waals surface area contributed by atoms with Crippen LogP contribution in [0.2, 0.25) is 0 Å². The van der Waals surface area contributed by atoms with Crippen molar-refractivity contribution in [3.63, 3.8) is 0 Å². The van der Waals surface area contributed by atoms with E-state index in [9.17, 15) is 22.4 Å². The zero-order chi connectivity index (χ0) is 36.0. The molecule has 4 aliphatic heterocycles. The molecule has 1 aromatic carbocycles. The third-order valence-corrected chi connectivity index (χ3v) is 10.2. The normalized spacial score (nSPS) is 24.0. The van der Waals surface area contributed by atoms with E-state index in [4.69, 9.17) is 35.9 Å². The second kappa shape index (κ2) is 13.8. The number of aliphatic imine (C=N–C) groups is 1. The number of rotatable bonds is 7. The third-order valence-electron chi connectivity index (χ3n) is 10.2. The highest BCUT2D eigenvalue weighted by Crippen LogP contribution is 2.44. The molecule has 15 heteroatoms. The first-order valence-corrected chi connectivity index (χ1v) is 16.8. The molecule has 2 saturated heterocycles. The predicted octanol–water partition coefficient (Wildman–Crippen LogP) is 4.64. The van der Waals surface area contributed by atoms with E-state index in [1.165, 1.54) is 24.0 Å². The minimum absolute atomic E-state index is 0.0137. The highest BCUT2D eigenvalue weighted by molar-refractivity contribution is 6.09. The molecule has 5 heterocycles. The van der Waals surface area contributed by atoms with Crippen LogP contribution in [0.5, 0.6) is 6.01 Å². The average Bonchev–Trinajstić information content (AvgIpc) is 3.51. The summed E-state index contributed by atoms with van der Waals surface area (Å²) in [4.78, 5) is 32.7. The fraction of sp³-hybridized carbons (Fsp3) is 0.543. The molecule has 4 aliphatic rings.